The van der Waals surface area contributed by atoms with Crippen molar-refractivity contribution in [1.82, 2.24) is 4.98 Å². The van der Waals surface area contributed by atoms with Gasteiger partial charge in [0.05, 0.1) is 11.4 Å². The van der Waals surface area contributed by atoms with Gasteiger partial charge in [0, 0.05) is 7.05 Å². The number of nitrogens with one attached hydrogen (secondary N) is 2. The molecule has 2 N–H and O–H groups in total. The van der Waals surface area contributed by atoms with Gasteiger partial charge < -0.3 is 10.1 Å². The summed E-state index contributed by atoms with van der Waals surface area (Å²) < 4.78 is 6.02. The van der Waals surface area contributed by atoms with E-state index in [1.54, 1.807) is 18.9 Å². The van der Waals surface area contributed by atoms with Crippen LogP contribution in [0, 0.1) is 31.1 Å². The van der Waals surface area contributed by atoms with Crippen LogP contribution in [0.15, 0.2) is 24.3 Å². The second kappa shape index (κ2) is 10.3. The highest BCUT2D eigenvalue weighted by molar-refractivity contribution is 6.11. The van der Waals surface area contributed by atoms with Crippen molar-refractivity contribution >= 4 is 29.0 Å². The first-order chi connectivity index (χ1) is 16.4. The number of aromatic nitrogens is 1. The van der Waals surface area contributed by atoms with Crippen molar-refractivity contribution in [1.29, 1.82) is 5.41 Å². The molecule has 6 heteroatoms. The highest BCUT2D eigenvalue weighted by atomic mass is 16.5. The van der Waals surface area contributed by atoms with Crippen LogP contribution in [-0.4, -0.2) is 29.9 Å². The van der Waals surface area contributed by atoms with Gasteiger partial charge >= 0.3 is 5.91 Å². The van der Waals surface area contributed by atoms with Gasteiger partial charge in [-0.05, 0) is 106 Å². The molecule has 34 heavy (non-hydrogen) atoms. The molecule has 0 radical (unpaired) electrons. The molecule has 1 aromatic carbocycles. The van der Waals surface area contributed by atoms with Gasteiger partial charge in [0.25, 0.3) is 0 Å². The topological polar surface area (TPSA) is 78.3 Å². The van der Waals surface area contributed by atoms with Crippen LogP contribution >= 0.6 is 0 Å². The van der Waals surface area contributed by atoms with E-state index in [4.69, 9.17) is 15.1 Å². The molecular weight excluding hydrogens is 424 g/mol. The van der Waals surface area contributed by atoms with Crippen LogP contribution < -0.4 is 10.2 Å². The number of benzene rings is 1. The molecule has 0 bridgehead atoms. The van der Waals surface area contributed by atoms with Gasteiger partial charge in [-0.1, -0.05) is 18.4 Å². The molecule has 0 saturated heterocycles. The molecule has 6 nitrogen and oxygen atoms in total. The summed E-state index contributed by atoms with van der Waals surface area (Å²) in [5.74, 6) is 6.05. The maximum Gasteiger partial charge on any atom is 0.308 e. The Bertz CT molecular complexity index is 1150. The summed E-state index contributed by atoms with van der Waals surface area (Å²) >= 11 is 0. The van der Waals surface area contributed by atoms with Crippen molar-refractivity contribution in [2.75, 3.05) is 17.3 Å². The second-order valence-corrected chi connectivity index (χ2v) is 9.31. The Labute approximate surface area is 202 Å². The molecule has 0 atom stereocenters. The van der Waals surface area contributed by atoms with Crippen LogP contribution in [0.3, 0.4) is 0 Å². The SMILES string of the molecule is CC#CC(=O)N(c1ccc(NC)c(C(=N)OC2CCCCC2)n1)c1cc(C)c(C)cc1C1CC1. The number of pyridine rings is 1. The summed E-state index contributed by atoms with van der Waals surface area (Å²) in [4.78, 5) is 19.7. The Morgan fingerprint density at radius 2 is 1.82 bits per heavy atom. The molecular formula is C28H34N4O2. The minimum absolute atomic E-state index is 0.0366. The summed E-state index contributed by atoms with van der Waals surface area (Å²) in [6, 6.07) is 7.92. The minimum atomic E-state index is -0.331. The molecule has 1 amide bonds. The smallest absolute Gasteiger partial charge is 0.308 e. The maximum atomic E-state index is 13.3. The highest BCUT2D eigenvalue weighted by Gasteiger charge is 2.31. The first-order valence-electron chi connectivity index (χ1n) is 12.2. The third-order valence-corrected chi connectivity index (χ3v) is 6.77. The number of carbonyl (C=O) groups excluding carboxylic acids is 1. The molecule has 2 aliphatic rings. The standard InChI is InChI=1S/C28H34N4O2/c1-5-9-26(33)32(24-17-19(3)18(2)16-22(24)20-12-13-20)25-15-14-23(30-4)27(31-25)28(29)34-21-10-7-6-8-11-21/h14-17,20-21,29-30H,6-8,10-13H2,1-4H3. The van der Waals surface area contributed by atoms with Gasteiger partial charge in [0.2, 0.25) is 5.90 Å². The lowest BCUT2D eigenvalue weighted by Crippen LogP contribution is -2.28. The first-order valence-corrected chi connectivity index (χ1v) is 12.2. The van der Waals surface area contributed by atoms with E-state index in [0.29, 0.717) is 23.1 Å². The number of nitrogens with zero attached hydrogens (tertiary/aromatic N) is 2. The fraction of sp³-hybridized carbons (Fsp3) is 0.464. The van der Waals surface area contributed by atoms with Gasteiger partial charge in [-0.2, -0.15) is 0 Å². The fourth-order valence-electron chi connectivity index (χ4n) is 4.59. The second-order valence-electron chi connectivity index (χ2n) is 9.31. The van der Waals surface area contributed by atoms with Gasteiger partial charge in [-0.15, -0.1) is 0 Å². The molecule has 2 aliphatic carbocycles. The lowest BCUT2D eigenvalue weighted by Gasteiger charge is -2.26. The minimum Gasteiger partial charge on any atom is -0.473 e. The zero-order chi connectivity index (χ0) is 24.2. The van der Waals surface area contributed by atoms with Crippen LogP contribution in [-0.2, 0) is 9.53 Å². The number of carbonyl (C=O) groups is 1. The van der Waals surface area contributed by atoms with Crippen molar-refractivity contribution in [2.45, 2.75) is 77.7 Å². The molecule has 0 unspecified atom stereocenters. The number of ether oxygens (including phenoxy) is 1. The van der Waals surface area contributed by atoms with Gasteiger partial charge in [0.1, 0.15) is 17.6 Å². The van der Waals surface area contributed by atoms with E-state index in [1.165, 1.54) is 12.0 Å². The molecule has 1 heterocycles. The van der Waals surface area contributed by atoms with Gasteiger partial charge in [-0.25, -0.2) is 4.98 Å². The summed E-state index contributed by atoms with van der Waals surface area (Å²) in [7, 11) is 1.80. The van der Waals surface area contributed by atoms with Crippen LogP contribution in [0.25, 0.3) is 0 Å². The number of amides is 1. The third-order valence-electron chi connectivity index (χ3n) is 6.77. The Hall–Kier alpha value is -3.33. The maximum absolute atomic E-state index is 13.3. The Morgan fingerprint density at radius 1 is 1.12 bits per heavy atom. The first kappa shape index (κ1) is 23.8. The monoisotopic (exact) mass is 458 g/mol. The fourth-order valence-corrected chi connectivity index (χ4v) is 4.59. The average molecular weight is 459 g/mol. The van der Waals surface area contributed by atoms with Crippen molar-refractivity contribution in [3.8, 4) is 11.8 Å². The Balaban J connectivity index is 1.78. The van der Waals surface area contributed by atoms with Gasteiger partial charge in [-0.3, -0.25) is 15.1 Å². The van der Waals surface area contributed by atoms with E-state index < -0.39 is 0 Å². The number of rotatable bonds is 6. The largest absolute Gasteiger partial charge is 0.473 e. The van der Waals surface area contributed by atoms with E-state index >= 15 is 0 Å². The Morgan fingerprint density at radius 3 is 2.47 bits per heavy atom. The molecule has 2 saturated carbocycles. The van der Waals surface area contributed by atoms with E-state index in [2.05, 4.69) is 43.1 Å². The number of aryl methyl sites for hydroxylation is 2. The number of hydrogen-bond acceptors (Lipinski definition) is 5. The molecule has 178 valence electrons. The van der Waals surface area contributed by atoms with E-state index in [0.717, 1.165) is 55.3 Å². The summed E-state index contributed by atoms with van der Waals surface area (Å²) in [5.41, 5.74) is 5.41. The van der Waals surface area contributed by atoms with Crippen molar-refractivity contribution in [2.24, 2.45) is 0 Å². The molecule has 1 aromatic heterocycles. The highest BCUT2D eigenvalue weighted by Crippen LogP contribution is 2.46. The van der Waals surface area contributed by atoms with Crippen LogP contribution in [0.1, 0.15) is 80.2 Å². The summed E-state index contributed by atoms with van der Waals surface area (Å²) in [5, 5.41) is 11.8. The number of hydrogen-bond donors (Lipinski definition) is 2. The third kappa shape index (κ3) is 5.09. The zero-order valence-electron chi connectivity index (χ0n) is 20.6. The van der Waals surface area contributed by atoms with E-state index in [9.17, 15) is 4.79 Å². The Kier molecular flexibility index (Phi) is 7.21. The summed E-state index contributed by atoms with van der Waals surface area (Å²) in [6.07, 6.45) is 7.67. The van der Waals surface area contributed by atoms with Crippen molar-refractivity contribution in [3.63, 3.8) is 0 Å². The lowest BCUT2D eigenvalue weighted by molar-refractivity contribution is -0.112. The molecule has 2 fully saturated rings. The van der Waals surface area contributed by atoms with Crippen LogP contribution in [0.2, 0.25) is 0 Å². The van der Waals surface area contributed by atoms with Crippen LogP contribution in [0.4, 0.5) is 17.2 Å². The van der Waals surface area contributed by atoms with Crippen molar-refractivity contribution < 1.29 is 9.53 Å². The normalized spacial score (nSPS) is 15.8. The van der Waals surface area contributed by atoms with E-state index in [-0.39, 0.29) is 17.9 Å². The molecule has 2 aromatic rings. The molecule has 4 rings (SSSR count). The number of anilines is 3. The molecule has 0 aliphatic heterocycles. The van der Waals surface area contributed by atoms with E-state index in [1.807, 2.05) is 12.1 Å². The lowest BCUT2D eigenvalue weighted by atomic mass is 9.98. The molecule has 0 spiro atoms. The quantitative estimate of drug-likeness (QED) is 0.317. The van der Waals surface area contributed by atoms with Gasteiger partial charge in [0.15, 0.2) is 0 Å². The predicted molar refractivity (Wildman–Crippen MR) is 137 cm³/mol. The summed E-state index contributed by atoms with van der Waals surface area (Å²) in [6.45, 7) is 5.82. The zero-order valence-corrected chi connectivity index (χ0v) is 20.6. The van der Waals surface area contributed by atoms with Crippen molar-refractivity contribution in [3.05, 3.63) is 46.6 Å². The predicted octanol–water partition coefficient (Wildman–Crippen LogP) is 5.98. The average Bonchev–Trinajstić information content (AvgIpc) is 3.67. The van der Waals surface area contributed by atoms with Crippen LogP contribution in [0.5, 0.6) is 0 Å².